The number of carbonyl (C=O) groups excluding carboxylic acids is 2. The van der Waals surface area contributed by atoms with Crippen LogP contribution in [0.4, 0.5) is 0 Å². The van der Waals surface area contributed by atoms with Gasteiger partial charge in [0.1, 0.15) is 5.75 Å². The number of thiol groups is 1. The summed E-state index contributed by atoms with van der Waals surface area (Å²) in [5.41, 5.74) is 2.79. The van der Waals surface area contributed by atoms with Gasteiger partial charge in [0.05, 0.1) is 5.56 Å². The maximum atomic E-state index is 12.9. The van der Waals surface area contributed by atoms with Crippen LogP contribution in [0.1, 0.15) is 48.7 Å². The highest BCUT2D eigenvalue weighted by atomic mass is 32.1. The average Bonchev–Trinajstić information content (AvgIpc) is 2.98. The van der Waals surface area contributed by atoms with Crippen molar-refractivity contribution >= 4 is 24.4 Å². The number of nitrogens with zero attached hydrogens (tertiary/aromatic N) is 2. The maximum Gasteiger partial charge on any atom is 0.260 e. The van der Waals surface area contributed by atoms with Crippen LogP contribution in [0.3, 0.4) is 0 Å². The first kappa shape index (κ1) is 23.2. The zero-order valence-electron chi connectivity index (χ0n) is 18.9. The summed E-state index contributed by atoms with van der Waals surface area (Å²) in [6, 6.07) is 13.4. The lowest BCUT2D eigenvalue weighted by atomic mass is 9.85. The van der Waals surface area contributed by atoms with Gasteiger partial charge in [-0.1, -0.05) is 50.6 Å². The first-order valence-electron chi connectivity index (χ1n) is 10.8. The fourth-order valence-electron chi connectivity index (χ4n) is 3.78. The van der Waals surface area contributed by atoms with Gasteiger partial charge in [-0.3, -0.25) is 9.59 Å². The van der Waals surface area contributed by atoms with E-state index in [1.165, 1.54) is 5.56 Å². The lowest BCUT2D eigenvalue weighted by Gasteiger charge is -2.25. The Hall–Kier alpha value is -2.47. The SMILES string of the molecule is Cc1ccc(OCC(=O)N2CCCN(C(=O)c3ccccc3S)CC2)c(C(C)(C)C)c1. The molecule has 0 aromatic heterocycles. The molecule has 0 bridgehead atoms. The molecule has 0 saturated carbocycles. The van der Waals surface area contributed by atoms with E-state index >= 15 is 0 Å². The number of carbonyl (C=O) groups is 2. The summed E-state index contributed by atoms with van der Waals surface area (Å²) in [4.78, 5) is 30.0. The lowest BCUT2D eigenvalue weighted by molar-refractivity contribution is -0.133. The molecule has 0 unspecified atom stereocenters. The van der Waals surface area contributed by atoms with Crippen molar-refractivity contribution in [2.45, 2.75) is 44.4 Å². The monoisotopic (exact) mass is 440 g/mol. The Bertz CT molecular complexity index is 952. The number of amides is 2. The number of benzene rings is 2. The summed E-state index contributed by atoms with van der Waals surface area (Å²) in [6.07, 6.45) is 0.740. The minimum Gasteiger partial charge on any atom is -0.483 e. The smallest absolute Gasteiger partial charge is 0.260 e. The predicted octanol–water partition coefficient (Wildman–Crippen LogP) is 4.33. The Labute approximate surface area is 190 Å². The van der Waals surface area contributed by atoms with Crippen LogP contribution in [-0.2, 0) is 10.2 Å². The highest BCUT2D eigenvalue weighted by Gasteiger charge is 2.25. The number of rotatable bonds is 4. The molecular formula is C25H32N2O3S. The van der Waals surface area contributed by atoms with Gasteiger partial charge in [-0.2, -0.15) is 0 Å². The van der Waals surface area contributed by atoms with Crippen LogP contribution in [0.2, 0.25) is 0 Å². The fraction of sp³-hybridized carbons (Fsp3) is 0.440. The van der Waals surface area contributed by atoms with Crippen molar-refractivity contribution in [2.24, 2.45) is 0 Å². The minimum absolute atomic E-state index is 0.000436. The van der Waals surface area contributed by atoms with Crippen LogP contribution < -0.4 is 4.74 Å². The summed E-state index contributed by atoms with van der Waals surface area (Å²) in [5.74, 6) is 0.665. The Morgan fingerprint density at radius 1 is 1.00 bits per heavy atom. The van der Waals surface area contributed by atoms with E-state index in [0.29, 0.717) is 36.6 Å². The molecule has 1 fully saturated rings. The Balaban J connectivity index is 1.61. The third-order valence-corrected chi connectivity index (χ3v) is 5.95. The van der Waals surface area contributed by atoms with Crippen molar-refractivity contribution < 1.29 is 14.3 Å². The van der Waals surface area contributed by atoms with E-state index in [-0.39, 0.29) is 23.8 Å². The van der Waals surface area contributed by atoms with E-state index < -0.39 is 0 Å². The van der Waals surface area contributed by atoms with Crippen molar-refractivity contribution in [2.75, 3.05) is 32.8 Å². The van der Waals surface area contributed by atoms with Crippen LogP contribution in [0.25, 0.3) is 0 Å². The molecule has 31 heavy (non-hydrogen) atoms. The molecule has 2 amide bonds. The average molecular weight is 441 g/mol. The summed E-state index contributed by atoms with van der Waals surface area (Å²) < 4.78 is 5.95. The van der Waals surface area contributed by atoms with Crippen molar-refractivity contribution in [3.05, 3.63) is 59.2 Å². The standard InChI is InChI=1S/C25H32N2O3S/c1-18-10-11-21(20(16-18)25(2,3)4)30-17-23(28)26-12-7-13-27(15-14-26)24(29)19-8-5-6-9-22(19)31/h5-6,8-11,16,31H,7,12-15,17H2,1-4H3. The van der Waals surface area contributed by atoms with Crippen LogP contribution >= 0.6 is 12.6 Å². The van der Waals surface area contributed by atoms with Crippen LogP contribution in [0.5, 0.6) is 5.75 Å². The molecule has 1 saturated heterocycles. The van der Waals surface area contributed by atoms with E-state index in [0.717, 1.165) is 17.7 Å². The molecule has 2 aromatic rings. The second kappa shape index (κ2) is 9.77. The Kier molecular flexibility index (Phi) is 7.31. The van der Waals surface area contributed by atoms with Gasteiger partial charge in [0.25, 0.3) is 11.8 Å². The molecule has 5 nitrogen and oxygen atoms in total. The number of aryl methyl sites for hydroxylation is 1. The summed E-state index contributed by atoms with van der Waals surface area (Å²) >= 11 is 4.40. The van der Waals surface area contributed by atoms with Crippen molar-refractivity contribution in [1.29, 1.82) is 0 Å². The van der Waals surface area contributed by atoms with E-state index in [2.05, 4.69) is 46.4 Å². The molecule has 3 rings (SSSR count). The van der Waals surface area contributed by atoms with Gasteiger partial charge >= 0.3 is 0 Å². The van der Waals surface area contributed by atoms with Gasteiger partial charge in [0, 0.05) is 31.1 Å². The molecule has 1 aliphatic heterocycles. The van der Waals surface area contributed by atoms with Crippen molar-refractivity contribution in [1.82, 2.24) is 9.80 Å². The van der Waals surface area contributed by atoms with Gasteiger partial charge in [0.2, 0.25) is 0 Å². The van der Waals surface area contributed by atoms with Gasteiger partial charge < -0.3 is 14.5 Å². The molecule has 2 aromatic carbocycles. The molecular weight excluding hydrogens is 408 g/mol. The van der Waals surface area contributed by atoms with E-state index in [4.69, 9.17) is 4.74 Å². The number of hydrogen-bond acceptors (Lipinski definition) is 4. The highest BCUT2D eigenvalue weighted by molar-refractivity contribution is 7.80. The Morgan fingerprint density at radius 2 is 1.68 bits per heavy atom. The Morgan fingerprint density at radius 3 is 2.39 bits per heavy atom. The van der Waals surface area contributed by atoms with E-state index in [9.17, 15) is 9.59 Å². The first-order valence-corrected chi connectivity index (χ1v) is 11.2. The molecule has 0 N–H and O–H groups in total. The van der Waals surface area contributed by atoms with Crippen LogP contribution in [0.15, 0.2) is 47.4 Å². The van der Waals surface area contributed by atoms with E-state index in [1.54, 1.807) is 15.9 Å². The van der Waals surface area contributed by atoms with Crippen molar-refractivity contribution in [3.8, 4) is 5.75 Å². The minimum atomic E-state index is -0.0723. The molecule has 0 spiro atoms. The predicted molar refractivity (Wildman–Crippen MR) is 126 cm³/mol. The molecule has 1 heterocycles. The zero-order chi connectivity index (χ0) is 22.6. The van der Waals surface area contributed by atoms with Gasteiger partial charge in [0.15, 0.2) is 6.61 Å². The van der Waals surface area contributed by atoms with E-state index in [1.807, 2.05) is 30.3 Å². The second-order valence-electron chi connectivity index (χ2n) is 9.08. The molecule has 0 aliphatic carbocycles. The number of hydrogen-bond donors (Lipinski definition) is 1. The molecule has 6 heteroatoms. The maximum absolute atomic E-state index is 12.9. The normalized spacial score (nSPS) is 14.9. The van der Waals surface area contributed by atoms with Gasteiger partial charge in [-0.25, -0.2) is 0 Å². The third kappa shape index (κ3) is 5.82. The molecule has 166 valence electrons. The summed E-state index contributed by atoms with van der Waals surface area (Å²) in [5, 5.41) is 0. The first-order chi connectivity index (χ1) is 14.7. The fourth-order valence-corrected chi connectivity index (χ4v) is 4.04. The van der Waals surface area contributed by atoms with Gasteiger partial charge in [-0.15, -0.1) is 12.6 Å². The largest absolute Gasteiger partial charge is 0.483 e. The van der Waals surface area contributed by atoms with Gasteiger partial charge in [-0.05, 0) is 42.5 Å². The summed E-state index contributed by atoms with van der Waals surface area (Å²) in [6.45, 7) is 10.7. The third-order valence-electron chi connectivity index (χ3n) is 5.56. The van der Waals surface area contributed by atoms with Crippen LogP contribution in [0, 0.1) is 6.92 Å². The summed E-state index contributed by atoms with van der Waals surface area (Å²) in [7, 11) is 0. The zero-order valence-corrected chi connectivity index (χ0v) is 19.7. The molecule has 1 aliphatic rings. The quantitative estimate of drug-likeness (QED) is 0.720. The van der Waals surface area contributed by atoms with Crippen molar-refractivity contribution in [3.63, 3.8) is 0 Å². The molecule has 0 atom stereocenters. The second-order valence-corrected chi connectivity index (χ2v) is 9.56. The lowest BCUT2D eigenvalue weighted by Crippen LogP contribution is -2.39. The molecule has 0 radical (unpaired) electrons. The number of ether oxygens (including phenoxy) is 1. The topological polar surface area (TPSA) is 49.9 Å². The highest BCUT2D eigenvalue weighted by Crippen LogP contribution is 2.32. The van der Waals surface area contributed by atoms with Crippen LogP contribution in [-0.4, -0.2) is 54.4 Å².